The van der Waals surface area contributed by atoms with E-state index in [-0.39, 0.29) is 78.6 Å². The molecule has 12 nitrogen and oxygen atoms in total. The van der Waals surface area contributed by atoms with Gasteiger partial charge in [0.1, 0.15) is 22.5 Å². The Kier molecular flexibility index (Phi) is 6.49. The average molecular weight is 575 g/mol. The van der Waals surface area contributed by atoms with Crippen molar-refractivity contribution < 1.29 is 27.1 Å². The molecule has 1 fully saturated rings. The van der Waals surface area contributed by atoms with Crippen molar-refractivity contribution in [3.05, 3.63) is 45.6 Å². The summed E-state index contributed by atoms with van der Waals surface area (Å²) in [6.45, 7) is 5.43. The Balaban J connectivity index is 1.69. The number of hydrogen-bond donors (Lipinski definition) is 0. The quantitative estimate of drug-likeness (QED) is 0.459. The highest BCUT2D eigenvalue weighted by atomic mass is 32.2. The highest BCUT2D eigenvalue weighted by molar-refractivity contribution is 7.90. The zero-order valence-corrected chi connectivity index (χ0v) is 23.4. The number of nitrogens with zero attached hydrogens (tertiary/aromatic N) is 6. The van der Waals surface area contributed by atoms with E-state index in [0.29, 0.717) is 31.5 Å². The van der Waals surface area contributed by atoms with E-state index in [1.807, 2.05) is 13.8 Å². The van der Waals surface area contributed by atoms with E-state index >= 15 is 0 Å². The van der Waals surface area contributed by atoms with Gasteiger partial charge in [-0.15, -0.1) is 5.10 Å². The number of carbonyl (C=O) groups excluding carboxylic acids is 1. The maximum Gasteiger partial charge on any atom is 0.305 e. The molecular weight excluding hydrogens is 543 g/mol. The first-order valence-electron chi connectivity index (χ1n) is 13.4. The van der Waals surface area contributed by atoms with E-state index in [9.17, 15) is 22.4 Å². The minimum Gasteiger partial charge on any atom is -0.493 e. The van der Waals surface area contributed by atoms with E-state index in [0.717, 1.165) is 4.68 Å². The van der Waals surface area contributed by atoms with Crippen LogP contribution in [0.1, 0.15) is 48.8 Å². The van der Waals surface area contributed by atoms with Crippen LogP contribution in [0.2, 0.25) is 0 Å². The topological polar surface area (TPSA) is 119 Å². The van der Waals surface area contributed by atoms with Crippen molar-refractivity contribution in [3.8, 4) is 11.5 Å². The molecule has 0 radical (unpaired) electrons. The molecule has 1 amide bonds. The Morgan fingerprint density at radius 1 is 1.18 bits per heavy atom. The van der Waals surface area contributed by atoms with Crippen LogP contribution in [0.15, 0.2) is 23.0 Å². The average Bonchev–Trinajstić information content (AvgIpc) is 3.43. The summed E-state index contributed by atoms with van der Waals surface area (Å²) in [7, 11) is -2.58. The lowest BCUT2D eigenvalue weighted by Gasteiger charge is -2.33. The fourth-order valence-corrected chi connectivity index (χ4v) is 7.49. The van der Waals surface area contributed by atoms with Crippen LogP contribution in [-0.4, -0.2) is 84.3 Å². The van der Waals surface area contributed by atoms with Crippen molar-refractivity contribution in [2.75, 3.05) is 50.7 Å². The molecule has 0 spiro atoms. The number of fused-ring (bicyclic) bond motifs is 10. The second-order valence-electron chi connectivity index (χ2n) is 10.2. The third-order valence-electron chi connectivity index (χ3n) is 7.84. The molecule has 4 bridgehead atoms. The Morgan fingerprint density at radius 3 is 2.73 bits per heavy atom. The van der Waals surface area contributed by atoms with Gasteiger partial charge in [0.05, 0.1) is 26.8 Å². The number of likely N-dealkylation sites (N-methyl/N-ethyl adjacent to an activating group) is 1. The van der Waals surface area contributed by atoms with Crippen molar-refractivity contribution in [2.24, 2.45) is 0 Å². The summed E-state index contributed by atoms with van der Waals surface area (Å²) in [4.78, 5) is 29.3. The molecule has 3 aromatic rings. The van der Waals surface area contributed by atoms with Crippen LogP contribution in [0.4, 0.5) is 10.2 Å². The van der Waals surface area contributed by atoms with Crippen molar-refractivity contribution in [1.29, 1.82) is 0 Å². The number of anilines is 1. The van der Waals surface area contributed by atoms with E-state index in [1.165, 1.54) is 33.9 Å². The summed E-state index contributed by atoms with van der Waals surface area (Å²) in [5, 5.41) is 4.69. The molecule has 0 saturated carbocycles. The predicted octanol–water partition coefficient (Wildman–Crippen LogP) is 1.97. The number of benzene rings is 1. The Hall–Kier alpha value is -3.65. The summed E-state index contributed by atoms with van der Waals surface area (Å²) in [5.74, 6) is -0.372. The molecule has 5 heterocycles. The predicted molar refractivity (Wildman–Crippen MR) is 145 cm³/mol. The van der Waals surface area contributed by atoms with Gasteiger partial charge in [-0.2, -0.15) is 12.7 Å². The van der Waals surface area contributed by atoms with Crippen molar-refractivity contribution in [3.63, 3.8) is 0 Å². The molecule has 0 N–H and O–H groups in total. The molecule has 1 saturated heterocycles. The van der Waals surface area contributed by atoms with E-state index in [4.69, 9.17) is 9.47 Å². The fraction of sp³-hybridized carbons (Fsp3) is 0.500. The third kappa shape index (κ3) is 3.95. The number of carbonyl (C=O) groups is 1. The van der Waals surface area contributed by atoms with Crippen molar-refractivity contribution in [2.45, 2.75) is 39.3 Å². The number of amides is 1. The summed E-state index contributed by atoms with van der Waals surface area (Å²) < 4.78 is 58.7. The number of hydrogen-bond acceptors (Lipinski definition) is 7. The number of aromatic nitrogens is 3. The van der Waals surface area contributed by atoms with Crippen LogP contribution < -0.4 is 19.3 Å². The lowest BCUT2D eigenvalue weighted by atomic mass is 10.2. The highest BCUT2D eigenvalue weighted by Crippen LogP contribution is 2.42. The summed E-state index contributed by atoms with van der Waals surface area (Å²) >= 11 is 0. The fourth-order valence-electron chi connectivity index (χ4n) is 5.88. The maximum atomic E-state index is 14.1. The van der Waals surface area contributed by atoms with Crippen LogP contribution in [0.3, 0.4) is 0 Å². The SMILES string of the molecule is CCN1C[C@H](C)n2c(c(OC)c3c(=O)n4nc(c32)N2CCN(CCCCOc3cc(F)ccc3C4)S2(=O)=O)C1=O. The van der Waals surface area contributed by atoms with E-state index < -0.39 is 21.6 Å². The van der Waals surface area contributed by atoms with Gasteiger partial charge in [-0.3, -0.25) is 9.59 Å². The molecule has 214 valence electrons. The highest BCUT2D eigenvalue weighted by Gasteiger charge is 2.43. The zero-order chi connectivity index (χ0) is 28.3. The number of methoxy groups -OCH3 is 1. The molecule has 14 heteroatoms. The molecule has 6 rings (SSSR count). The Labute approximate surface area is 230 Å². The van der Waals surface area contributed by atoms with Gasteiger partial charge in [0.2, 0.25) is 0 Å². The third-order valence-corrected chi connectivity index (χ3v) is 9.77. The Bertz CT molecular complexity index is 1690. The van der Waals surface area contributed by atoms with Crippen LogP contribution in [0.25, 0.3) is 10.9 Å². The lowest BCUT2D eigenvalue weighted by molar-refractivity contribution is 0.0685. The van der Waals surface area contributed by atoms with Crippen LogP contribution >= 0.6 is 0 Å². The number of halogens is 1. The summed E-state index contributed by atoms with van der Waals surface area (Å²) in [5.41, 5.74) is 0.385. The minimum absolute atomic E-state index is 0.0490. The van der Waals surface area contributed by atoms with Crippen LogP contribution in [0.5, 0.6) is 11.5 Å². The van der Waals surface area contributed by atoms with Gasteiger partial charge in [-0.05, 0) is 32.8 Å². The first-order valence-corrected chi connectivity index (χ1v) is 14.8. The van der Waals surface area contributed by atoms with Crippen molar-refractivity contribution >= 4 is 32.8 Å². The van der Waals surface area contributed by atoms with Gasteiger partial charge in [-0.1, -0.05) is 6.07 Å². The monoisotopic (exact) mass is 574 g/mol. The second-order valence-corrected chi connectivity index (χ2v) is 12.1. The van der Waals surface area contributed by atoms with Crippen LogP contribution in [0, 0.1) is 5.82 Å². The normalized spacial score (nSPS) is 22.4. The van der Waals surface area contributed by atoms with E-state index in [2.05, 4.69) is 5.10 Å². The molecule has 3 aliphatic rings. The largest absolute Gasteiger partial charge is 0.493 e. The minimum atomic E-state index is -3.97. The maximum absolute atomic E-state index is 14.1. The molecule has 40 heavy (non-hydrogen) atoms. The van der Waals surface area contributed by atoms with Gasteiger partial charge >= 0.3 is 10.2 Å². The first-order chi connectivity index (χ1) is 19.2. The molecule has 1 aromatic carbocycles. The lowest BCUT2D eigenvalue weighted by Crippen LogP contribution is -2.42. The molecule has 2 atom stereocenters. The van der Waals surface area contributed by atoms with Crippen LogP contribution in [-0.2, 0) is 16.8 Å². The Morgan fingerprint density at radius 2 is 1.98 bits per heavy atom. The number of rotatable bonds is 2. The smallest absolute Gasteiger partial charge is 0.305 e. The van der Waals surface area contributed by atoms with E-state index in [1.54, 1.807) is 9.47 Å². The molecular formula is C26H31FN6O6S. The van der Waals surface area contributed by atoms with Gasteiger partial charge in [0.25, 0.3) is 11.5 Å². The van der Waals surface area contributed by atoms with Gasteiger partial charge in [-0.25, -0.2) is 13.4 Å². The van der Waals surface area contributed by atoms with Crippen molar-refractivity contribution in [1.82, 2.24) is 23.6 Å². The molecule has 2 aromatic heterocycles. The number of ether oxygens (including phenoxy) is 2. The second kappa shape index (κ2) is 9.77. The first kappa shape index (κ1) is 26.6. The summed E-state index contributed by atoms with van der Waals surface area (Å²) in [6, 6.07) is 3.79. The standard InChI is InChI=1S/C26H31FN6O6S/c1-4-29-14-16(2)33-21-20(23(38-3)22(33)26(29)35)25(34)31-15-17-7-8-18(27)13-19(17)39-12-6-5-9-30-10-11-32(24(21)28-31)40(30,36)37/h7-8,13,16H,4-6,9-12,14-15H2,1-3H3/t16-/m0/s1. The van der Waals surface area contributed by atoms with Gasteiger partial charge in [0, 0.05) is 43.9 Å². The van der Waals surface area contributed by atoms with Gasteiger partial charge in [0.15, 0.2) is 17.3 Å². The van der Waals surface area contributed by atoms with Gasteiger partial charge < -0.3 is 18.9 Å². The molecule has 3 aliphatic heterocycles. The molecule has 1 unspecified atom stereocenters. The summed E-state index contributed by atoms with van der Waals surface area (Å²) in [6.07, 6.45) is 1.11. The zero-order valence-electron chi connectivity index (χ0n) is 22.6. The molecule has 0 aliphatic carbocycles.